The van der Waals surface area contributed by atoms with Gasteiger partial charge in [-0.25, -0.2) is 0 Å². The second kappa shape index (κ2) is 1.83. The molecule has 0 fully saturated rings. The first kappa shape index (κ1) is 8.15. The van der Waals surface area contributed by atoms with E-state index in [1.165, 1.54) is 0 Å². The van der Waals surface area contributed by atoms with E-state index < -0.39 is 9.93 Å². The Morgan fingerprint density at radius 3 is 1.25 bits per heavy atom. The quantitative estimate of drug-likeness (QED) is 0.460. The summed E-state index contributed by atoms with van der Waals surface area (Å²) in [5.41, 5.74) is 0. The maximum atomic E-state index is 11.2. The van der Waals surface area contributed by atoms with Crippen LogP contribution in [0.3, 0.4) is 0 Å². The van der Waals surface area contributed by atoms with Crippen LogP contribution in [-0.4, -0.2) is 17.3 Å². The molecule has 1 nitrogen and oxygen atoms in total. The zero-order valence-electron chi connectivity index (χ0n) is 6.32. The molecule has 0 unspecified atom stereocenters. The molecule has 0 rings (SSSR count). The Hall–Kier alpha value is 0.150. The van der Waals surface area contributed by atoms with Crippen LogP contribution in [0.25, 0.3) is 0 Å². The van der Waals surface area contributed by atoms with Crippen molar-refractivity contribution in [1.29, 1.82) is 0 Å². The summed E-state index contributed by atoms with van der Waals surface area (Å²) in [5.74, 6) is 0. The monoisotopic (exact) mass is 135 g/mol. The van der Waals surface area contributed by atoms with Crippen molar-refractivity contribution in [3.8, 4) is 0 Å². The molecule has 2 heteroatoms. The van der Waals surface area contributed by atoms with Crippen molar-refractivity contribution in [2.24, 2.45) is 0 Å². The van der Waals surface area contributed by atoms with Gasteiger partial charge >= 0.3 is 0 Å². The Morgan fingerprint density at radius 2 is 1.25 bits per heavy atom. The van der Waals surface area contributed by atoms with Crippen molar-refractivity contribution in [2.75, 3.05) is 12.5 Å². The minimum absolute atomic E-state index is 0.0347. The topological polar surface area (TPSA) is 17.1 Å². The van der Waals surface area contributed by atoms with E-state index in [1.807, 2.05) is 20.8 Å². The summed E-state index contributed by atoms with van der Waals surface area (Å²) < 4.78 is 11.2. The van der Waals surface area contributed by atoms with Crippen molar-refractivity contribution in [2.45, 2.75) is 25.5 Å². The molecule has 0 atom stereocenters. The third-order valence-electron chi connectivity index (χ3n) is 1.47. The molecule has 0 aliphatic rings. The Bertz CT molecular complexity index is 115. The van der Waals surface area contributed by atoms with Gasteiger partial charge in [0.1, 0.15) is 17.3 Å². The smallest absolute Gasteiger partial charge is 0.106 e. The maximum Gasteiger partial charge on any atom is 0.123 e. The zero-order chi connectivity index (χ0) is 7.00. The molecule has 0 aliphatic heterocycles. The summed E-state index contributed by atoms with van der Waals surface area (Å²) in [4.78, 5) is 0. The van der Waals surface area contributed by atoms with Gasteiger partial charge in [-0.2, -0.15) is 0 Å². The van der Waals surface area contributed by atoms with Crippen LogP contribution in [-0.2, 0) is 14.1 Å². The van der Waals surface area contributed by atoms with E-state index in [1.54, 1.807) is 12.5 Å². The average molecular weight is 135 g/mol. The minimum atomic E-state index is -1.59. The number of hydrogen-bond donors (Lipinski definition) is 0. The van der Waals surface area contributed by atoms with E-state index in [-0.39, 0.29) is 4.75 Å². The Morgan fingerprint density at radius 1 is 1.12 bits per heavy atom. The van der Waals surface area contributed by atoms with Crippen LogP contribution in [0.1, 0.15) is 20.8 Å². The molecule has 0 heterocycles. The lowest BCUT2D eigenvalue weighted by atomic mass is 10.3. The summed E-state index contributed by atoms with van der Waals surface area (Å²) >= 11 is 0. The van der Waals surface area contributed by atoms with E-state index in [0.717, 1.165) is 0 Å². The van der Waals surface area contributed by atoms with Crippen LogP contribution in [0.2, 0.25) is 0 Å². The SMILES string of the molecule is CC(C)(C)[S+](C)(C)=O. The van der Waals surface area contributed by atoms with Crippen molar-refractivity contribution in [3.63, 3.8) is 0 Å². The van der Waals surface area contributed by atoms with Crippen LogP contribution < -0.4 is 0 Å². The van der Waals surface area contributed by atoms with Gasteiger partial charge in [0, 0.05) is 0 Å². The van der Waals surface area contributed by atoms with Gasteiger partial charge in [0.05, 0.1) is 9.93 Å². The highest BCUT2D eigenvalue weighted by molar-refractivity contribution is 8.02. The first-order chi connectivity index (χ1) is 3.25. The minimum Gasteiger partial charge on any atom is -0.106 e. The fourth-order valence-corrected chi connectivity index (χ4v) is 0. The summed E-state index contributed by atoms with van der Waals surface area (Å²) in [6.07, 6.45) is 3.60. The molecule has 0 aromatic rings. The van der Waals surface area contributed by atoms with Gasteiger partial charge < -0.3 is 0 Å². The predicted molar refractivity (Wildman–Crippen MR) is 39.7 cm³/mol. The highest BCUT2D eigenvalue weighted by Gasteiger charge is 2.31. The van der Waals surface area contributed by atoms with Gasteiger partial charge in [0.2, 0.25) is 0 Å². The van der Waals surface area contributed by atoms with Crippen molar-refractivity contribution in [3.05, 3.63) is 0 Å². The summed E-state index contributed by atoms with van der Waals surface area (Å²) in [6, 6.07) is 0. The van der Waals surface area contributed by atoms with Gasteiger partial charge in [-0.1, -0.05) is 0 Å². The highest BCUT2D eigenvalue weighted by Crippen LogP contribution is 2.18. The molecular formula is C6H15OS+. The summed E-state index contributed by atoms with van der Waals surface area (Å²) in [6.45, 7) is 5.99. The van der Waals surface area contributed by atoms with Gasteiger partial charge in [-0.15, -0.1) is 4.21 Å². The normalized spacial score (nSPS) is 14.1. The fourth-order valence-electron chi connectivity index (χ4n) is 0. The van der Waals surface area contributed by atoms with Crippen molar-refractivity contribution >= 4 is 9.93 Å². The Labute approximate surface area is 52.9 Å². The van der Waals surface area contributed by atoms with Crippen LogP contribution >= 0.6 is 0 Å². The standard InChI is InChI=1S/C6H15OS/c1-6(2,3)8(4,5)7/h1-5H3/q+1. The summed E-state index contributed by atoms with van der Waals surface area (Å²) in [5, 5.41) is 0. The van der Waals surface area contributed by atoms with Gasteiger partial charge in [0.15, 0.2) is 0 Å². The average Bonchev–Trinajstić information content (AvgIpc) is 1.25. The van der Waals surface area contributed by atoms with E-state index in [0.29, 0.717) is 0 Å². The van der Waals surface area contributed by atoms with Crippen LogP contribution in [0, 0.1) is 0 Å². The van der Waals surface area contributed by atoms with Crippen LogP contribution in [0.5, 0.6) is 0 Å². The number of rotatable bonds is 0. The van der Waals surface area contributed by atoms with Crippen molar-refractivity contribution in [1.82, 2.24) is 0 Å². The third kappa shape index (κ3) is 1.95. The molecule has 0 saturated carbocycles. The molecule has 0 radical (unpaired) electrons. The zero-order valence-corrected chi connectivity index (χ0v) is 7.13. The first-order valence-electron chi connectivity index (χ1n) is 2.69. The third-order valence-corrected chi connectivity index (χ3v) is 4.42. The second-order valence-corrected chi connectivity index (χ2v) is 7.04. The molecule has 0 aromatic carbocycles. The lowest BCUT2D eigenvalue weighted by molar-refractivity contribution is 0.569. The molecule has 0 saturated heterocycles. The lowest BCUT2D eigenvalue weighted by Crippen LogP contribution is -2.31. The van der Waals surface area contributed by atoms with Crippen LogP contribution in [0.4, 0.5) is 0 Å². The molecule has 0 bridgehead atoms. The van der Waals surface area contributed by atoms with E-state index in [9.17, 15) is 4.21 Å². The summed E-state index contributed by atoms with van der Waals surface area (Å²) in [7, 11) is -1.59. The first-order valence-corrected chi connectivity index (χ1v) is 5.06. The van der Waals surface area contributed by atoms with E-state index >= 15 is 0 Å². The highest BCUT2D eigenvalue weighted by atomic mass is 32.2. The molecular weight excluding hydrogens is 120 g/mol. The molecule has 0 N–H and O–H groups in total. The van der Waals surface area contributed by atoms with E-state index in [2.05, 4.69) is 0 Å². The van der Waals surface area contributed by atoms with E-state index in [4.69, 9.17) is 0 Å². The molecule has 8 heavy (non-hydrogen) atoms. The lowest BCUT2D eigenvalue weighted by Gasteiger charge is -2.16. The molecule has 0 amide bonds. The second-order valence-electron chi connectivity index (χ2n) is 3.35. The van der Waals surface area contributed by atoms with Gasteiger partial charge in [-0.3, -0.25) is 0 Å². The number of hydrogen-bond acceptors (Lipinski definition) is 1. The molecule has 0 aliphatic carbocycles. The van der Waals surface area contributed by atoms with Crippen LogP contribution in [0.15, 0.2) is 0 Å². The molecule has 0 spiro atoms. The Kier molecular flexibility index (Phi) is 1.87. The van der Waals surface area contributed by atoms with Gasteiger partial charge in [0.25, 0.3) is 0 Å². The largest absolute Gasteiger partial charge is 0.123 e. The Balaban J connectivity index is 4.26. The maximum absolute atomic E-state index is 11.2. The van der Waals surface area contributed by atoms with Gasteiger partial charge in [-0.05, 0) is 20.8 Å². The predicted octanol–water partition coefficient (Wildman–Crippen LogP) is 1.54. The molecule has 50 valence electrons. The van der Waals surface area contributed by atoms with Crippen molar-refractivity contribution < 1.29 is 4.21 Å². The molecule has 0 aromatic heterocycles. The fraction of sp³-hybridized carbons (Fsp3) is 1.00.